The van der Waals surface area contributed by atoms with Crippen molar-refractivity contribution in [1.29, 1.82) is 0 Å². The Labute approximate surface area is 143 Å². The number of sulfonamides is 1. The first-order chi connectivity index (χ1) is 11.4. The van der Waals surface area contributed by atoms with E-state index in [0.717, 1.165) is 31.7 Å². The second-order valence-corrected chi connectivity index (χ2v) is 8.56. The van der Waals surface area contributed by atoms with Gasteiger partial charge in [0.1, 0.15) is 5.69 Å². The molecule has 7 nitrogen and oxygen atoms in total. The van der Waals surface area contributed by atoms with E-state index in [2.05, 4.69) is 5.32 Å². The van der Waals surface area contributed by atoms with Crippen molar-refractivity contribution >= 4 is 15.9 Å². The number of hydrogen-bond acceptors (Lipinski definition) is 4. The highest BCUT2D eigenvalue weighted by Crippen LogP contribution is 2.19. The zero-order valence-corrected chi connectivity index (χ0v) is 14.8. The fraction of sp³-hybridized carbons (Fsp3) is 0.688. The molecule has 0 bridgehead atoms. The summed E-state index contributed by atoms with van der Waals surface area (Å²) < 4.78 is 32.3. The van der Waals surface area contributed by atoms with Gasteiger partial charge in [0.2, 0.25) is 10.0 Å². The Morgan fingerprint density at radius 1 is 1.29 bits per heavy atom. The Morgan fingerprint density at radius 3 is 2.75 bits per heavy atom. The number of carbonyl (C=O) groups is 1. The molecule has 0 atom stereocenters. The third-order valence-corrected chi connectivity index (χ3v) is 6.04. The van der Waals surface area contributed by atoms with Crippen LogP contribution in [0, 0.1) is 5.92 Å². The quantitative estimate of drug-likeness (QED) is 0.867. The van der Waals surface area contributed by atoms with E-state index < -0.39 is 10.0 Å². The highest BCUT2D eigenvalue weighted by molar-refractivity contribution is 7.88. The number of hydrogen-bond donors (Lipinski definition) is 1. The minimum atomic E-state index is -3.22. The number of amides is 1. The molecule has 1 N–H and O–H groups in total. The van der Waals surface area contributed by atoms with E-state index in [1.54, 1.807) is 6.07 Å². The van der Waals surface area contributed by atoms with E-state index in [0.29, 0.717) is 44.2 Å². The van der Waals surface area contributed by atoms with Crippen LogP contribution in [0.15, 0.2) is 12.1 Å². The molecule has 0 saturated carbocycles. The maximum absolute atomic E-state index is 12.5. The molecule has 134 valence electrons. The Balaban J connectivity index is 1.67. The lowest BCUT2D eigenvalue weighted by Gasteiger charge is -2.22. The molecule has 0 aliphatic carbocycles. The van der Waals surface area contributed by atoms with Crippen molar-refractivity contribution in [2.75, 3.05) is 32.6 Å². The first kappa shape index (κ1) is 17.4. The van der Waals surface area contributed by atoms with Crippen molar-refractivity contribution < 1.29 is 17.9 Å². The van der Waals surface area contributed by atoms with Crippen LogP contribution >= 0.6 is 0 Å². The number of nitrogens with one attached hydrogen (secondary N) is 1. The second kappa shape index (κ2) is 7.25. The van der Waals surface area contributed by atoms with Gasteiger partial charge in [-0.3, -0.25) is 4.79 Å². The van der Waals surface area contributed by atoms with Crippen LogP contribution in [0.5, 0.6) is 0 Å². The summed E-state index contributed by atoms with van der Waals surface area (Å²) in [6.07, 6.45) is 3.90. The molecule has 3 rings (SSSR count). The SMILES string of the molecule is CS(=O)(=O)N1CCCn2c(ccc2C(=O)NCC2CCOCC2)C1. The summed E-state index contributed by atoms with van der Waals surface area (Å²) in [5.41, 5.74) is 1.49. The summed E-state index contributed by atoms with van der Waals surface area (Å²) in [7, 11) is -3.22. The molecule has 0 radical (unpaired) electrons. The highest BCUT2D eigenvalue weighted by atomic mass is 32.2. The van der Waals surface area contributed by atoms with Crippen LogP contribution in [0.4, 0.5) is 0 Å². The molecule has 2 aliphatic heterocycles. The molecular formula is C16H25N3O4S. The van der Waals surface area contributed by atoms with Gasteiger partial charge in [0, 0.05) is 38.5 Å². The molecule has 0 spiro atoms. The van der Waals surface area contributed by atoms with E-state index in [-0.39, 0.29) is 5.91 Å². The maximum Gasteiger partial charge on any atom is 0.267 e. The smallest absolute Gasteiger partial charge is 0.267 e. The van der Waals surface area contributed by atoms with Gasteiger partial charge < -0.3 is 14.6 Å². The normalized spacial score (nSPS) is 20.4. The van der Waals surface area contributed by atoms with Crippen molar-refractivity contribution in [3.8, 4) is 0 Å². The minimum Gasteiger partial charge on any atom is -0.381 e. The molecule has 1 amide bonds. The van der Waals surface area contributed by atoms with Gasteiger partial charge in [-0.05, 0) is 37.3 Å². The van der Waals surface area contributed by atoms with Gasteiger partial charge in [0.15, 0.2) is 0 Å². The Kier molecular flexibility index (Phi) is 5.27. The summed E-state index contributed by atoms with van der Waals surface area (Å²) in [6.45, 7) is 3.67. The third-order valence-electron chi connectivity index (χ3n) is 4.79. The van der Waals surface area contributed by atoms with E-state index in [1.807, 2.05) is 10.6 Å². The van der Waals surface area contributed by atoms with E-state index in [4.69, 9.17) is 4.74 Å². The topological polar surface area (TPSA) is 80.6 Å². The standard InChI is InChI=1S/C16H25N3O4S/c1-24(21,22)18-7-2-8-19-14(12-18)3-4-15(19)16(20)17-11-13-5-9-23-10-6-13/h3-4,13H,2,5-12H2,1H3,(H,17,20). The van der Waals surface area contributed by atoms with Crippen LogP contribution in [0.25, 0.3) is 0 Å². The number of aromatic nitrogens is 1. The van der Waals surface area contributed by atoms with Gasteiger partial charge in [-0.25, -0.2) is 8.42 Å². The monoisotopic (exact) mass is 355 g/mol. The van der Waals surface area contributed by atoms with E-state index >= 15 is 0 Å². The number of nitrogens with zero attached hydrogens (tertiary/aromatic N) is 2. The van der Waals surface area contributed by atoms with Gasteiger partial charge in [-0.1, -0.05) is 0 Å². The summed E-state index contributed by atoms with van der Waals surface area (Å²) in [5, 5.41) is 3.02. The first-order valence-electron chi connectivity index (χ1n) is 8.44. The molecule has 24 heavy (non-hydrogen) atoms. The van der Waals surface area contributed by atoms with Gasteiger partial charge in [0.25, 0.3) is 5.91 Å². The van der Waals surface area contributed by atoms with Crippen molar-refractivity contribution in [3.05, 3.63) is 23.5 Å². The van der Waals surface area contributed by atoms with Crippen molar-refractivity contribution in [3.63, 3.8) is 0 Å². The summed E-state index contributed by atoms with van der Waals surface area (Å²) in [5.74, 6) is 0.391. The Morgan fingerprint density at radius 2 is 2.04 bits per heavy atom. The summed E-state index contributed by atoms with van der Waals surface area (Å²) in [4.78, 5) is 12.5. The molecule has 0 unspecified atom stereocenters. The molecule has 2 aliphatic rings. The number of rotatable bonds is 4. The highest BCUT2D eigenvalue weighted by Gasteiger charge is 2.24. The zero-order chi connectivity index (χ0) is 17.2. The zero-order valence-electron chi connectivity index (χ0n) is 14.0. The first-order valence-corrected chi connectivity index (χ1v) is 10.3. The van der Waals surface area contributed by atoms with Crippen LogP contribution in [-0.4, -0.2) is 55.8 Å². The fourth-order valence-electron chi connectivity index (χ4n) is 3.34. The van der Waals surface area contributed by atoms with Crippen LogP contribution in [0.2, 0.25) is 0 Å². The predicted molar refractivity (Wildman–Crippen MR) is 90.2 cm³/mol. The van der Waals surface area contributed by atoms with E-state index in [1.165, 1.54) is 10.6 Å². The molecule has 1 aromatic heterocycles. The molecular weight excluding hydrogens is 330 g/mol. The molecule has 1 fully saturated rings. The molecule has 1 aromatic rings. The van der Waals surface area contributed by atoms with Gasteiger partial charge in [0.05, 0.1) is 12.8 Å². The average Bonchev–Trinajstić information content (AvgIpc) is 2.82. The summed E-state index contributed by atoms with van der Waals surface area (Å²) in [6, 6.07) is 3.65. The van der Waals surface area contributed by atoms with Gasteiger partial charge in [-0.2, -0.15) is 4.31 Å². The van der Waals surface area contributed by atoms with Crippen LogP contribution in [-0.2, 0) is 27.8 Å². The van der Waals surface area contributed by atoms with Crippen molar-refractivity contribution in [1.82, 2.24) is 14.2 Å². The fourth-order valence-corrected chi connectivity index (χ4v) is 4.16. The lowest BCUT2D eigenvalue weighted by molar-refractivity contribution is 0.0641. The van der Waals surface area contributed by atoms with Crippen LogP contribution in [0.3, 0.4) is 0 Å². The largest absolute Gasteiger partial charge is 0.381 e. The number of ether oxygens (including phenoxy) is 1. The minimum absolute atomic E-state index is 0.0828. The Hall–Kier alpha value is -1.38. The lowest BCUT2D eigenvalue weighted by atomic mass is 10.0. The molecule has 3 heterocycles. The van der Waals surface area contributed by atoms with Gasteiger partial charge >= 0.3 is 0 Å². The average molecular weight is 355 g/mol. The van der Waals surface area contributed by atoms with Gasteiger partial charge in [-0.15, -0.1) is 0 Å². The van der Waals surface area contributed by atoms with Crippen LogP contribution < -0.4 is 5.32 Å². The van der Waals surface area contributed by atoms with Crippen molar-refractivity contribution in [2.24, 2.45) is 5.92 Å². The predicted octanol–water partition coefficient (Wildman–Crippen LogP) is 0.810. The molecule has 0 aromatic carbocycles. The maximum atomic E-state index is 12.5. The molecule has 8 heteroatoms. The van der Waals surface area contributed by atoms with Crippen LogP contribution in [0.1, 0.15) is 35.4 Å². The third kappa shape index (κ3) is 3.99. The summed E-state index contributed by atoms with van der Waals surface area (Å²) >= 11 is 0. The number of fused-ring (bicyclic) bond motifs is 1. The van der Waals surface area contributed by atoms with Crippen molar-refractivity contribution in [2.45, 2.75) is 32.4 Å². The second-order valence-electron chi connectivity index (χ2n) is 6.58. The lowest BCUT2D eigenvalue weighted by Crippen LogP contribution is -2.33. The van der Waals surface area contributed by atoms with E-state index in [9.17, 15) is 13.2 Å². The Bertz CT molecular complexity index is 692. The molecule has 1 saturated heterocycles. The number of carbonyl (C=O) groups excluding carboxylic acids is 1.